The Morgan fingerprint density at radius 3 is 2.96 bits per heavy atom. The number of benzene rings is 1. The number of rotatable bonds is 4. The number of aryl methyl sites for hydroxylation is 1. The minimum atomic E-state index is 0.358. The second kappa shape index (κ2) is 7.47. The van der Waals surface area contributed by atoms with Gasteiger partial charge < -0.3 is 5.32 Å². The Hall–Kier alpha value is -1.36. The van der Waals surface area contributed by atoms with Gasteiger partial charge >= 0.3 is 0 Å². The van der Waals surface area contributed by atoms with Gasteiger partial charge in [0.05, 0.1) is 0 Å². The van der Waals surface area contributed by atoms with Crippen molar-refractivity contribution in [2.75, 3.05) is 18.4 Å². The maximum absolute atomic E-state index is 6.29. The van der Waals surface area contributed by atoms with E-state index in [4.69, 9.17) is 23.2 Å². The smallest absolute Gasteiger partial charge is 0.223 e. The zero-order valence-corrected chi connectivity index (χ0v) is 14.6. The quantitative estimate of drug-likeness (QED) is 0.898. The third kappa shape index (κ3) is 4.56. The van der Waals surface area contributed by atoms with E-state index in [2.05, 4.69) is 20.2 Å². The first kappa shape index (κ1) is 16.5. The number of piperidine rings is 1. The van der Waals surface area contributed by atoms with Gasteiger partial charge in [-0.3, -0.25) is 4.90 Å². The standard InChI is InChI=1S/C17H20Cl2N4/c1-12-6-7-20-17(21-12)22-15-3-2-8-23(11-15)10-13-4-5-14(18)9-16(13)19/h4-7,9,15H,2-3,8,10-11H2,1H3,(H,20,21,22). The van der Waals surface area contributed by atoms with E-state index in [9.17, 15) is 0 Å². The zero-order chi connectivity index (χ0) is 16.2. The second-order valence-electron chi connectivity index (χ2n) is 5.98. The summed E-state index contributed by atoms with van der Waals surface area (Å²) in [5.74, 6) is 0.710. The van der Waals surface area contributed by atoms with Crippen molar-refractivity contribution < 1.29 is 0 Å². The molecule has 1 aromatic heterocycles. The van der Waals surface area contributed by atoms with Crippen molar-refractivity contribution in [3.8, 4) is 0 Å². The Morgan fingerprint density at radius 1 is 1.30 bits per heavy atom. The summed E-state index contributed by atoms with van der Waals surface area (Å²) in [6.07, 6.45) is 4.07. The summed E-state index contributed by atoms with van der Waals surface area (Å²) in [6, 6.07) is 7.96. The molecule has 0 saturated carbocycles. The molecule has 1 aliphatic rings. The zero-order valence-electron chi connectivity index (χ0n) is 13.1. The van der Waals surface area contributed by atoms with Crippen LogP contribution in [0.1, 0.15) is 24.1 Å². The van der Waals surface area contributed by atoms with E-state index in [1.807, 2.05) is 25.1 Å². The number of nitrogens with one attached hydrogen (secondary N) is 1. The summed E-state index contributed by atoms with van der Waals surface area (Å²) in [5, 5.41) is 4.85. The lowest BCUT2D eigenvalue weighted by molar-refractivity contribution is 0.208. The van der Waals surface area contributed by atoms with Gasteiger partial charge in [0.1, 0.15) is 0 Å². The molecule has 6 heteroatoms. The van der Waals surface area contributed by atoms with Gasteiger partial charge in [0.25, 0.3) is 0 Å². The van der Waals surface area contributed by atoms with Gasteiger partial charge in [-0.05, 0) is 50.1 Å². The predicted molar refractivity (Wildman–Crippen MR) is 95.2 cm³/mol. The van der Waals surface area contributed by atoms with E-state index in [0.717, 1.165) is 48.8 Å². The molecule has 1 aromatic carbocycles. The van der Waals surface area contributed by atoms with Crippen molar-refractivity contribution in [3.63, 3.8) is 0 Å². The Morgan fingerprint density at radius 2 is 2.17 bits per heavy atom. The van der Waals surface area contributed by atoms with Gasteiger partial charge in [0.15, 0.2) is 0 Å². The average molecular weight is 351 g/mol. The van der Waals surface area contributed by atoms with Crippen LogP contribution in [0.4, 0.5) is 5.95 Å². The topological polar surface area (TPSA) is 41.1 Å². The van der Waals surface area contributed by atoms with Crippen molar-refractivity contribution in [1.29, 1.82) is 0 Å². The summed E-state index contributed by atoms with van der Waals surface area (Å²) < 4.78 is 0. The van der Waals surface area contributed by atoms with E-state index in [1.54, 1.807) is 12.3 Å². The van der Waals surface area contributed by atoms with E-state index in [1.165, 1.54) is 0 Å². The largest absolute Gasteiger partial charge is 0.350 e. The van der Waals surface area contributed by atoms with Gasteiger partial charge in [0, 0.05) is 41.1 Å². The summed E-state index contributed by atoms with van der Waals surface area (Å²) in [7, 11) is 0. The molecule has 0 aliphatic carbocycles. The highest BCUT2D eigenvalue weighted by molar-refractivity contribution is 6.35. The molecule has 0 amide bonds. The fourth-order valence-corrected chi connectivity index (χ4v) is 3.38. The van der Waals surface area contributed by atoms with Crippen LogP contribution in [-0.2, 0) is 6.54 Å². The highest BCUT2D eigenvalue weighted by Gasteiger charge is 2.21. The average Bonchev–Trinajstić information content (AvgIpc) is 2.51. The lowest BCUT2D eigenvalue weighted by atomic mass is 10.0. The first-order valence-corrected chi connectivity index (χ1v) is 8.58. The van der Waals surface area contributed by atoms with Crippen molar-refractivity contribution in [2.45, 2.75) is 32.4 Å². The lowest BCUT2D eigenvalue weighted by Gasteiger charge is -2.33. The molecule has 0 bridgehead atoms. The van der Waals surface area contributed by atoms with Gasteiger partial charge in [-0.1, -0.05) is 29.3 Å². The molecular weight excluding hydrogens is 331 g/mol. The number of likely N-dealkylation sites (tertiary alicyclic amines) is 1. The van der Waals surface area contributed by atoms with Crippen LogP contribution in [0, 0.1) is 6.92 Å². The van der Waals surface area contributed by atoms with Crippen molar-refractivity contribution in [2.24, 2.45) is 0 Å². The molecular formula is C17H20Cl2N4. The monoisotopic (exact) mass is 350 g/mol. The molecule has 1 fully saturated rings. The first-order valence-electron chi connectivity index (χ1n) is 7.82. The number of hydrogen-bond donors (Lipinski definition) is 1. The number of nitrogens with zero attached hydrogens (tertiary/aromatic N) is 3. The third-order valence-corrected chi connectivity index (χ3v) is 4.63. The normalized spacial score (nSPS) is 18.8. The number of hydrogen-bond acceptors (Lipinski definition) is 4. The van der Waals surface area contributed by atoms with Crippen LogP contribution in [0.15, 0.2) is 30.5 Å². The SMILES string of the molecule is Cc1ccnc(NC2CCCN(Cc3ccc(Cl)cc3Cl)C2)n1. The molecule has 0 spiro atoms. The van der Waals surface area contributed by atoms with E-state index in [-0.39, 0.29) is 0 Å². The molecule has 0 radical (unpaired) electrons. The highest BCUT2D eigenvalue weighted by atomic mass is 35.5. The van der Waals surface area contributed by atoms with Crippen LogP contribution in [0.25, 0.3) is 0 Å². The van der Waals surface area contributed by atoms with E-state index < -0.39 is 0 Å². The molecule has 3 rings (SSSR count). The number of aromatic nitrogens is 2. The Balaban J connectivity index is 1.61. The number of halogens is 2. The predicted octanol–water partition coefficient (Wildman–Crippen LogP) is 4.17. The van der Waals surface area contributed by atoms with Gasteiger partial charge in [0.2, 0.25) is 5.95 Å². The van der Waals surface area contributed by atoms with Crippen molar-refractivity contribution >= 4 is 29.2 Å². The van der Waals surface area contributed by atoms with Crippen LogP contribution in [0.3, 0.4) is 0 Å². The maximum Gasteiger partial charge on any atom is 0.223 e. The molecule has 2 aromatic rings. The maximum atomic E-state index is 6.29. The fourth-order valence-electron chi connectivity index (χ4n) is 2.91. The molecule has 1 unspecified atom stereocenters. The van der Waals surface area contributed by atoms with Gasteiger partial charge in [-0.25, -0.2) is 9.97 Å². The number of anilines is 1. The van der Waals surface area contributed by atoms with E-state index >= 15 is 0 Å². The van der Waals surface area contributed by atoms with Crippen LogP contribution in [-0.4, -0.2) is 34.0 Å². The third-order valence-electron chi connectivity index (χ3n) is 4.04. The molecule has 23 heavy (non-hydrogen) atoms. The molecule has 2 heterocycles. The van der Waals surface area contributed by atoms with E-state index in [0.29, 0.717) is 17.0 Å². The molecule has 1 aliphatic heterocycles. The molecule has 4 nitrogen and oxygen atoms in total. The molecule has 1 atom stereocenters. The molecule has 1 N–H and O–H groups in total. The summed E-state index contributed by atoms with van der Waals surface area (Å²) in [5.41, 5.74) is 2.09. The lowest BCUT2D eigenvalue weighted by Crippen LogP contribution is -2.42. The molecule has 1 saturated heterocycles. The van der Waals surface area contributed by atoms with Crippen LogP contribution < -0.4 is 5.32 Å². The molecule has 122 valence electrons. The minimum absolute atomic E-state index is 0.358. The minimum Gasteiger partial charge on any atom is -0.350 e. The summed E-state index contributed by atoms with van der Waals surface area (Å²) in [4.78, 5) is 11.1. The van der Waals surface area contributed by atoms with Crippen LogP contribution in [0.2, 0.25) is 10.0 Å². The summed E-state index contributed by atoms with van der Waals surface area (Å²) >= 11 is 12.2. The Labute approximate surface area is 146 Å². The second-order valence-corrected chi connectivity index (χ2v) is 6.82. The fraction of sp³-hybridized carbons (Fsp3) is 0.412. The van der Waals surface area contributed by atoms with Crippen LogP contribution >= 0.6 is 23.2 Å². The van der Waals surface area contributed by atoms with Crippen LogP contribution in [0.5, 0.6) is 0 Å². The Bertz CT molecular complexity index is 677. The Kier molecular flexibility index (Phi) is 5.36. The summed E-state index contributed by atoms with van der Waals surface area (Å²) in [6.45, 7) is 4.84. The highest BCUT2D eigenvalue weighted by Crippen LogP contribution is 2.24. The van der Waals surface area contributed by atoms with Crippen molar-refractivity contribution in [1.82, 2.24) is 14.9 Å². The van der Waals surface area contributed by atoms with Gasteiger partial charge in [-0.15, -0.1) is 0 Å². The van der Waals surface area contributed by atoms with Crippen molar-refractivity contribution in [3.05, 3.63) is 51.8 Å². The van der Waals surface area contributed by atoms with Gasteiger partial charge in [-0.2, -0.15) is 0 Å². The first-order chi connectivity index (χ1) is 11.1.